The molecule has 0 fully saturated rings. The molecule has 238 valence electrons. The number of carboxylic acid groups (broad SMARTS) is 1. The number of methoxy groups -OCH3 is 2. The van der Waals surface area contributed by atoms with E-state index >= 15 is 0 Å². The fourth-order valence-electron chi connectivity index (χ4n) is 5.64. The summed E-state index contributed by atoms with van der Waals surface area (Å²) in [4.78, 5) is 15.8. The van der Waals surface area contributed by atoms with Gasteiger partial charge in [-0.15, -0.1) is 11.8 Å². The molecule has 3 aromatic carbocycles. The zero-order valence-corrected chi connectivity index (χ0v) is 28.3. The van der Waals surface area contributed by atoms with Crippen LogP contribution in [0.5, 0.6) is 17.2 Å². The van der Waals surface area contributed by atoms with Crippen LogP contribution in [0.25, 0.3) is 0 Å². The number of carboxylic acids is 1. The molecular formula is C35H46N2O5S2. The number of thioether (sulfide) groups is 1. The number of nitrogens with zero attached hydrogens (tertiary/aromatic N) is 2. The zero-order chi connectivity index (χ0) is 31.5. The van der Waals surface area contributed by atoms with Crippen molar-refractivity contribution in [1.29, 1.82) is 0 Å². The van der Waals surface area contributed by atoms with Crippen molar-refractivity contribution in [3.05, 3.63) is 66.2 Å². The van der Waals surface area contributed by atoms with Crippen molar-refractivity contribution in [2.75, 3.05) is 38.5 Å². The monoisotopic (exact) mass is 638 g/mol. The minimum Gasteiger partial charge on any atom is -0.497 e. The number of unbranched alkanes of at least 4 members (excludes halogenated alkanes) is 2. The van der Waals surface area contributed by atoms with Crippen LogP contribution in [-0.2, 0) is 11.3 Å². The van der Waals surface area contributed by atoms with Gasteiger partial charge < -0.3 is 24.2 Å². The average molecular weight is 639 g/mol. The van der Waals surface area contributed by atoms with Crippen molar-refractivity contribution in [3.8, 4) is 17.2 Å². The summed E-state index contributed by atoms with van der Waals surface area (Å²) in [6.07, 6.45) is 8.67. The molecule has 0 bridgehead atoms. The molecule has 44 heavy (non-hydrogen) atoms. The van der Waals surface area contributed by atoms with Crippen molar-refractivity contribution in [2.45, 2.75) is 80.7 Å². The molecule has 1 heterocycles. The Morgan fingerprint density at radius 3 is 2.11 bits per heavy atom. The molecule has 0 unspecified atom stereocenters. The molecule has 0 radical (unpaired) electrons. The van der Waals surface area contributed by atoms with Crippen LogP contribution in [0.3, 0.4) is 0 Å². The van der Waals surface area contributed by atoms with E-state index in [9.17, 15) is 9.90 Å². The van der Waals surface area contributed by atoms with E-state index in [4.69, 9.17) is 14.2 Å². The predicted octanol–water partition coefficient (Wildman–Crippen LogP) is 9.06. The molecule has 0 saturated carbocycles. The summed E-state index contributed by atoms with van der Waals surface area (Å²) in [6, 6.07) is 21.1. The van der Waals surface area contributed by atoms with E-state index in [0.717, 1.165) is 90.0 Å². The van der Waals surface area contributed by atoms with Crippen LogP contribution in [0.1, 0.15) is 64.4 Å². The summed E-state index contributed by atoms with van der Waals surface area (Å²) >= 11 is 3.42. The molecule has 7 nitrogen and oxygen atoms in total. The van der Waals surface area contributed by atoms with Gasteiger partial charge in [-0.3, -0.25) is 4.79 Å². The first-order valence-corrected chi connectivity index (χ1v) is 17.4. The molecule has 0 atom stereocenters. The van der Waals surface area contributed by atoms with Crippen LogP contribution in [-0.4, -0.2) is 54.5 Å². The maximum Gasteiger partial charge on any atom is 0.306 e. The summed E-state index contributed by atoms with van der Waals surface area (Å²) in [5.41, 5.74) is 3.36. The normalized spacial score (nSPS) is 14.5. The number of aliphatic carboxylic acids is 1. The highest BCUT2D eigenvalue weighted by Crippen LogP contribution is 2.51. The van der Waals surface area contributed by atoms with Gasteiger partial charge in [0.05, 0.1) is 42.7 Å². The number of carbonyl (C=O) groups is 1. The zero-order valence-electron chi connectivity index (χ0n) is 26.6. The largest absolute Gasteiger partial charge is 0.497 e. The van der Waals surface area contributed by atoms with Crippen LogP contribution in [0, 0.1) is 0 Å². The number of hydrogen-bond donors (Lipinski definition) is 1. The van der Waals surface area contributed by atoms with Crippen molar-refractivity contribution in [1.82, 2.24) is 4.31 Å². The first-order valence-electron chi connectivity index (χ1n) is 15.4. The Morgan fingerprint density at radius 2 is 1.57 bits per heavy atom. The highest BCUT2D eigenvalue weighted by molar-refractivity contribution is 7.98. The Morgan fingerprint density at radius 1 is 0.955 bits per heavy atom. The highest BCUT2D eigenvalue weighted by Gasteiger charge is 2.42. The van der Waals surface area contributed by atoms with E-state index < -0.39 is 5.97 Å². The number of rotatable bonds is 16. The molecule has 1 aliphatic heterocycles. The number of fused-ring (bicyclic) bond motifs is 1. The van der Waals surface area contributed by atoms with E-state index in [0.29, 0.717) is 0 Å². The van der Waals surface area contributed by atoms with Crippen molar-refractivity contribution < 1.29 is 24.1 Å². The van der Waals surface area contributed by atoms with Gasteiger partial charge in [0.25, 0.3) is 0 Å². The van der Waals surface area contributed by atoms with Crippen molar-refractivity contribution >= 4 is 41.1 Å². The first-order chi connectivity index (χ1) is 21.4. The Balaban J connectivity index is 1.88. The lowest BCUT2D eigenvalue weighted by atomic mass is 9.85. The van der Waals surface area contributed by atoms with Gasteiger partial charge in [-0.1, -0.05) is 51.7 Å². The van der Waals surface area contributed by atoms with Gasteiger partial charge in [-0.05, 0) is 85.1 Å². The van der Waals surface area contributed by atoms with E-state index in [1.165, 1.54) is 5.56 Å². The Kier molecular flexibility index (Phi) is 12.6. The van der Waals surface area contributed by atoms with Gasteiger partial charge in [0, 0.05) is 24.3 Å². The van der Waals surface area contributed by atoms with Crippen LogP contribution < -0.4 is 19.1 Å². The van der Waals surface area contributed by atoms with Gasteiger partial charge in [-0.25, -0.2) is 4.31 Å². The second-order valence-electron chi connectivity index (χ2n) is 11.2. The molecule has 9 heteroatoms. The lowest BCUT2D eigenvalue weighted by Crippen LogP contribution is -2.51. The number of ether oxygens (including phenoxy) is 3. The summed E-state index contributed by atoms with van der Waals surface area (Å²) in [5.74, 6) is 1.53. The lowest BCUT2D eigenvalue weighted by Gasteiger charge is -2.44. The smallest absolute Gasteiger partial charge is 0.306 e. The second-order valence-corrected chi connectivity index (χ2v) is 13.1. The second kappa shape index (κ2) is 16.3. The molecular weight excluding hydrogens is 593 g/mol. The number of anilines is 2. The Hall–Kier alpha value is -3.01. The molecule has 0 saturated heterocycles. The van der Waals surface area contributed by atoms with Gasteiger partial charge in [0.1, 0.15) is 17.2 Å². The third kappa shape index (κ3) is 8.37. The fourth-order valence-corrected chi connectivity index (χ4v) is 7.50. The van der Waals surface area contributed by atoms with Crippen molar-refractivity contribution in [3.63, 3.8) is 0 Å². The molecule has 3 aromatic rings. The maximum atomic E-state index is 11.2. The lowest BCUT2D eigenvalue weighted by molar-refractivity contribution is -0.137. The summed E-state index contributed by atoms with van der Waals surface area (Å²) in [6.45, 7) is 6.28. The fraction of sp³-hybridized carbons (Fsp3) is 0.457. The topological polar surface area (TPSA) is 71.5 Å². The third-order valence-corrected chi connectivity index (χ3v) is 10.2. The first kappa shape index (κ1) is 33.9. The molecule has 1 aliphatic rings. The molecule has 1 N–H and O–H groups in total. The summed E-state index contributed by atoms with van der Waals surface area (Å²) in [5, 5.41) is 9.23. The molecule has 0 aliphatic carbocycles. The van der Waals surface area contributed by atoms with Gasteiger partial charge in [0.15, 0.2) is 0 Å². The number of benzene rings is 3. The standard InChI is InChI=1S/C35H46N2O5S2/c1-6-8-19-35(20-9-7-2)25-36(27-12-16-29(41-4)17-13-27)30-22-33(43-5)31(42-21-18-34(38)39)23-32(30)44-37(35)24-26-10-14-28(40-3)15-11-26/h10-17,22-23H,6-9,18-21,24-25H2,1-5H3,(H,38,39). The maximum absolute atomic E-state index is 11.2. The number of hydrogen-bond acceptors (Lipinski definition) is 8. The minimum absolute atomic E-state index is 0.0449. The van der Waals surface area contributed by atoms with E-state index in [2.05, 4.69) is 59.5 Å². The van der Waals surface area contributed by atoms with Crippen LogP contribution in [0.2, 0.25) is 0 Å². The molecule has 4 rings (SSSR count). The van der Waals surface area contributed by atoms with Crippen LogP contribution >= 0.6 is 23.7 Å². The van der Waals surface area contributed by atoms with Crippen molar-refractivity contribution in [2.24, 2.45) is 0 Å². The SMILES string of the molecule is CCCCC1(CCCC)CN(c2ccc(OC)cc2)c2cc(SC)c(OCCC(=O)O)cc2SN1Cc1ccc(OC)cc1. The van der Waals surface area contributed by atoms with Crippen LogP contribution in [0.15, 0.2) is 70.5 Å². The average Bonchev–Trinajstić information content (AvgIpc) is 3.17. The van der Waals surface area contributed by atoms with Gasteiger partial charge in [0.2, 0.25) is 0 Å². The minimum atomic E-state index is -0.868. The summed E-state index contributed by atoms with van der Waals surface area (Å²) in [7, 11) is 3.39. The third-order valence-electron chi connectivity index (χ3n) is 8.16. The van der Waals surface area contributed by atoms with E-state index in [1.807, 2.05) is 30.5 Å². The van der Waals surface area contributed by atoms with Gasteiger partial charge >= 0.3 is 5.97 Å². The Labute approximate surface area is 271 Å². The van der Waals surface area contributed by atoms with E-state index in [1.54, 1.807) is 37.9 Å². The quantitative estimate of drug-likeness (QED) is 0.122. The van der Waals surface area contributed by atoms with Gasteiger partial charge in [-0.2, -0.15) is 0 Å². The van der Waals surface area contributed by atoms with E-state index in [-0.39, 0.29) is 18.6 Å². The molecule has 0 spiro atoms. The predicted molar refractivity (Wildman–Crippen MR) is 182 cm³/mol. The Bertz CT molecular complexity index is 1340. The molecule has 0 aromatic heterocycles. The highest BCUT2D eigenvalue weighted by atomic mass is 32.2. The van der Waals surface area contributed by atoms with Crippen LogP contribution in [0.4, 0.5) is 11.4 Å². The summed E-state index contributed by atoms with van der Waals surface area (Å²) < 4.78 is 19.7. The molecule has 0 amide bonds.